The van der Waals surface area contributed by atoms with Crippen LogP contribution < -0.4 is 5.73 Å². The van der Waals surface area contributed by atoms with Crippen molar-refractivity contribution in [1.29, 1.82) is 0 Å². The van der Waals surface area contributed by atoms with Gasteiger partial charge in [0.05, 0.1) is 21.4 Å². The van der Waals surface area contributed by atoms with Crippen molar-refractivity contribution in [3.05, 3.63) is 23.5 Å². The Morgan fingerprint density at radius 2 is 2.19 bits per heavy atom. The number of rotatable bonds is 2. The number of nitrogens with zero attached hydrogens (tertiary/aromatic N) is 2. The lowest BCUT2D eigenvalue weighted by Crippen LogP contribution is -2.38. The minimum atomic E-state index is 0.00129. The number of aromatic nitrogens is 2. The molecule has 2 N–H and O–H groups in total. The van der Waals surface area contributed by atoms with Crippen molar-refractivity contribution in [2.24, 2.45) is 5.73 Å². The number of pyridine rings is 1. The zero-order valence-electron chi connectivity index (χ0n) is 9.15. The number of hydrogen-bond donors (Lipinski definition) is 1. The molecule has 0 bridgehead atoms. The van der Waals surface area contributed by atoms with E-state index in [1.807, 2.05) is 18.5 Å². The molecule has 0 aliphatic heterocycles. The van der Waals surface area contributed by atoms with Crippen LogP contribution in [0.5, 0.6) is 0 Å². The first kappa shape index (κ1) is 10.2. The lowest BCUT2D eigenvalue weighted by atomic mass is 9.95. The Balaban J connectivity index is 1.89. The summed E-state index contributed by atoms with van der Waals surface area (Å²) in [5.41, 5.74) is 7.37. The molecule has 4 heteroatoms. The molecule has 3 rings (SSSR count). The van der Waals surface area contributed by atoms with Crippen molar-refractivity contribution < 1.29 is 0 Å². The van der Waals surface area contributed by atoms with Gasteiger partial charge in [-0.25, -0.2) is 4.98 Å². The van der Waals surface area contributed by atoms with Gasteiger partial charge in [-0.2, -0.15) is 0 Å². The fourth-order valence-electron chi connectivity index (χ4n) is 2.46. The van der Waals surface area contributed by atoms with Crippen molar-refractivity contribution in [3.8, 4) is 0 Å². The van der Waals surface area contributed by atoms with E-state index < -0.39 is 0 Å². The first-order valence-corrected chi connectivity index (χ1v) is 6.55. The van der Waals surface area contributed by atoms with Crippen LogP contribution in [0.4, 0.5) is 0 Å². The lowest BCUT2D eigenvalue weighted by Gasteiger charge is -2.21. The Bertz CT molecular complexity index is 467. The summed E-state index contributed by atoms with van der Waals surface area (Å²) in [4.78, 5) is 8.69. The molecule has 84 valence electrons. The van der Waals surface area contributed by atoms with Crippen LogP contribution in [-0.4, -0.2) is 15.5 Å². The third-order valence-corrected chi connectivity index (χ3v) is 4.37. The molecule has 16 heavy (non-hydrogen) atoms. The number of thiazole rings is 1. The smallest absolute Gasteiger partial charge is 0.0998 e. The second-order valence-electron chi connectivity index (χ2n) is 4.70. The van der Waals surface area contributed by atoms with Crippen molar-refractivity contribution in [1.82, 2.24) is 9.97 Å². The molecule has 1 aliphatic rings. The van der Waals surface area contributed by atoms with Crippen molar-refractivity contribution in [2.75, 3.05) is 0 Å². The molecule has 3 nitrogen and oxygen atoms in total. The Kier molecular flexibility index (Phi) is 2.41. The van der Waals surface area contributed by atoms with E-state index in [9.17, 15) is 0 Å². The third kappa shape index (κ3) is 1.83. The van der Waals surface area contributed by atoms with E-state index in [1.165, 1.54) is 17.5 Å². The first-order chi connectivity index (χ1) is 7.75. The van der Waals surface area contributed by atoms with Gasteiger partial charge in [0, 0.05) is 18.2 Å². The van der Waals surface area contributed by atoms with Gasteiger partial charge in [-0.1, -0.05) is 12.8 Å². The minimum absolute atomic E-state index is 0.00129. The van der Waals surface area contributed by atoms with E-state index in [-0.39, 0.29) is 5.54 Å². The van der Waals surface area contributed by atoms with Gasteiger partial charge in [0.1, 0.15) is 0 Å². The molecule has 0 aromatic carbocycles. The molecule has 0 radical (unpaired) electrons. The van der Waals surface area contributed by atoms with E-state index in [0.717, 1.165) is 29.8 Å². The summed E-state index contributed by atoms with van der Waals surface area (Å²) in [5, 5.41) is 1.16. The number of fused-ring (bicyclic) bond motifs is 1. The molecule has 1 aliphatic carbocycles. The van der Waals surface area contributed by atoms with E-state index in [4.69, 9.17) is 5.73 Å². The predicted octanol–water partition coefficient (Wildman–Crippen LogP) is 2.51. The van der Waals surface area contributed by atoms with Crippen LogP contribution in [0.15, 0.2) is 18.5 Å². The molecular weight excluding hydrogens is 218 g/mol. The molecule has 1 fully saturated rings. The van der Waals surface area contributed by atoms with E-state index in [0.29, 0.717) is 0 Å². The average molecular weight is 233 g/mol. The highest BCUT2D eigenvalue weighted by molar-refractivity contribution is 7.18. The van der Waals surface area contributed by atoms with Gasteiger partial charge in [-0.05, 0) is 18.9 Å². The maximum atomic E-state index is 6.36. The predicted molar refractivity (Wildman–Crippen MR) is 66.5 cm³/mol. The fraction of sp³-hybridized carbons (Fsp3) is 0.500. The van der Waals surface area contributed by atoms with Gasteiger partial charge in [0.2, 0.25) is 0 Å². The zero-order valence-corrected chi connectivity index (χ0v) is 9.96. The van der Waals surface area contributed by atoms with Gasteiger partial charge in [-0.3, -0.25) is 4.98 Å². The lowest BCUT2D eigenvalue weighted by molar-refractivity contribution is 0.436. The van der Waals surface area contributed by atoms with Crippen molar-refractivity contribution in [2.45, 2.75) is 37.6 Å². The van der Waals surface area contributed by atoms with Crippen molar-refractivity contribution >= 4 is 21.6 Å². The summed E-state index contributed by atoms with van der Waals surface area (Å²) in [5.74, 6) is 0. The molecule has 0 saturated heterocycles. The molecule has 0 unspecified atom stereocenters. The molecule has 0 atom stereocenters. The van der Waals surface area contributed by atoms with Gasteiger partial charge in [-0.15, -0.1) is 11.3 Å². The second-order valence-corrected chi connectivity index (χ2v) is 5.81. The molecule has 2 aromatic rings. The normalized spacial score (nSPS) is 19.3. The Labute approximate surface area is 98.7 Å². The van der Waals surface area contributed by atoms with Crippen LogP contribution in [0.1, 0.15) is 30.7 Å². The topological polar surface area (TPSA) is 51.8 Å². The summed E-state index contributed by atoms with van der Waals surface area (Å²) in [6.45, 7) is 0. The van der Waals surface area contributed by atoms with Crippen LogP contribution in [0.3, 0.4) is 0 Å². The van der Waals surface area contributed by atoms with Crippen LogP contribution in [-0.2, 0) is 6.42 Å². The molecule has 2 heterocycles. The van der Waals surface area contributed by atoms with Crippen LogP contribution >= 0.6 is 11.3 Å². The maximum absolute atomic E-state index is 6.36. The Morgan fingerprint density at radius 1 is 1.38 bits per heavy atom. The summed E-state index contributed by atoms with van der Waals surface area (Å²) >= 11 is 1.75. The first-order valence-electron chi connectivity index (χ1n) is 5.74. The van der Waals surface area contributed by atoms with Gasteiger partial charge < -0.3 is 5.73 Å². The van der Waals surface area contributed by atoms with E-state index in [2.05, 4.69) is 9.97 Å². The SMILES string of the molecule is NC1(Cc2nc3cnccc3s2)CCCC1. The van der Waals surface area contributed by atoms with Crippen LogP contribution in [0.2, 0.25) is 0 Å². The summed E-state index contributed by atoms with van der Waals surface area (Å²) in [6, 6.07) is 2.02. The Hall–Kier alpha value is -1.00. The number of hydrogen-bond acceptors (Lipinski definition) is 4. The summed E-state index contributed by atoms with van der Waals surface area (Å²) < 4.78 is 1.21. The Morgan fingerprint density at radius 3 is 2.94 bits per heavy atom. The fourth-order valence-corrected chi connectivity index (χ4v) is 3.55. The van der Waals surface area contributed by atoms with E-state index >= 15 is 0 Å². The standard InChI is InChI=1S/C12H15N3S/c13-12(4-1-2-5-12)7-11-15-9-8-14-6-3-10(9)16-11/h3,6,8H,1-2,4-5,7,13H2. The van der Waals surface area contributed by atoms with Crippen molar-refractivity contribution in [3.63, 3.8) is 0 Å². The quantitative estimate of drug-likeness (QED) is 0.867. The average Bonchev–Trinajstić information content (AvgIpc) is 2.84. The molecule has 0 amide bonds. The summed E-state index contributed by atoms with van der Waals surface area (Å²) in [7, 11) is 0. The largest absolute Gasteiger partial charge is 0.325 e. The van der Waals surface area contributed by atoms with Crippen LogP contribution in [0, 0.1) is 0 Å². The van der Waals surface area contributed by atoms with Gasteiger partial charge in [0.25, 0.3) is 0 Å². The monoisotopic (exact) mass is 233 g/mol. The highest BCUT2D eigenvalue weighted by Gasteiger charge is 2.30. The molecule has 1 saturated carbocycles. The zero-order chi connectivity index (χ0) is 11.0. The van der Waals surface area contributed by atoms with Crippen LogP contribution in [0.25, 0.3) is 10.2 Å². The summed E-state index contributed by atoms with van der Waals surface area (Å²) in [6.07, 6.45) is 9.38. The number of nitrogens with two attached hydrogens (primary N) is 1. The molecule has 2 aromatic heterocycles. The van der Waals surface area contributed by atoms with Gasteiger partial charge >= 0.3 is 0 Å². The molecular formula is C12H15N3S. The van der Waals surface area contributed by atoms with Gasteiger partial charge in [0.15, 0.2) is 0 Å². The maximum Gasteiger partial charge on any atom is 0.0998 e. The third-order valence-electron chi connectivity index (χ3n) is 3.34. The van der Waals surface area contributed by atoms with E-state index in [1.54, 1.807) is 11.3 Å². The highest BCUT2D eigenvalue weighted by Crippen LogP contribution is 2.32. The second kappa shape index (κ2) is 3.79. The molecule has 0 spiro atoms. The minimum Gasteiger partial charge on any atom is -0.325 e. The highest BCUT2D eigenvalue weighted by atomic mass is 32.1.